The molecule has 2 rings (SSSR count). The molecule has 0 bridgehead atoms. The Labute approximate surface area is 110 Å². The summed E-state index contributed by atoms with van der Waals surface area (Å²) in [5.41, 5.74) is 1.10. The van der Waals surface area contributed by atoms with Gasteiger partial charge in [0.2, 0.25) is 0 Å². The van der Waals surface area contributed by atoms with Crippen molar-refractivity contribution in [3.05, 3.63) is 48.4 Å². The third-order valence-corrected chi connectivity index (χ3v) is 3.23. The maximum Gasteiger partial charge on any atom is 0.255 e. The van der Waals surface area contributed by atoms with Crippen molar-refractivity contribution in [3.8, 4) is 0 Å². The zero-order valence-corrected chi connectivity index (χ0v) is 10.7. The third kappa shape index (κ3) is 4.52. The van der Waals surface area contributed by atoms with Crippen molar-refractivity contribution in [3.63, 3.8) is 0 Å². The molecule has 96 valence electrons. The molecule has 4 nitrogen and oxygen atoms in total. The molecule has 1 aromatic carbocycles. The molecule has 1 aromatic heterocycles. The van der Waals surface area contributed by atoms with Crippen molar-refractivity contribution in [2.45, 2.75) is 17.9 Å². The predicted octanol–water partition coefficient (Wildman–Crippen LogP) is 2.34. The molecule has 0 amide bonds. The van der Waals surface area contributed by atoms with Crippen LogP contribution in [-0.4, -0.2) is 28.6 Å². The lowest BCUT2D eigenvalue weighted by molar-refractivity contribution is 0.0397. The molecule has 5 heteroatoms. The number of thioether (sulfide) groups is 1. The zero-order chi connectivity index (χ0) is 12.6. The first-order chi connectivity index (χ1) is 8.84. The summed E-state index contributed by atoms with van der Waals surface area (Å²) >= 11 is 1.37. The van der Waals surface area contributed by atoms with Crippen LogP contribution < -0.4 is 0 Å². The molecule has 1 heterocycles. The van der Waals surface area contributed by atoms with Crippen LogP contribution in [0.5, 0.6) is 0 Å². The highest BCUT2D eigenvalue weighted by atomic mass is 32.2. The standard InChI is InChI=1S/C13H15NO3S/c15-12(10-18-13-14-6-7-17-13)9-16-8-11-4-2-1-3-5-11/h1-7,12,15H,8-10H2. The molecule has 1 N–H and O–H groups in total. The smallest absolute Gasteiger partial charge is 0.255 e. The predicted molar refractivity (Wildman–Crippen MR) is 69.3 cm³/mol. The fourth-order valence-electron chi connectivity index (χ4n) is 1.38. The van der Waals surface area contributed by atoms with E-state index in [1.54, 1.807) is 6.20 Å². The number of rotatable bonds is 7. The minimum absolute atomic E-state index is 0.308. The van der Waals surface area contributed by atoms with Gasteiger partial charge in [-0.25, -0.2) is 4.98 Å². The van der Waals surface area contributed by atoms with E-state index in [0.717, 1.165) is 5.56 Å². The highest BCUT2D eigenvalue weighted by molar-refractivity contribution is 7.99. The first-order valence-corrected chi connectivity index (χ1v) is 6.65. The van der Waals surface area contributed by atoms with Crippen LogP contribution in [-0.2, 0) is 11.3 Å². The summed E-state index contributed by atoms with van der Waals surface area (Å²) in [6.45, 7) is 0.824. The molecule has 0 aliphatic heterocycles. The van der Waals surface area contributed by atoms with Gasteiger partial charge in [-0.15, -0.1) is 0 Å². The first-order valence-electron chi connectivity index (χ1n) is 5.66. The Bertz CT molecular complexity index is 433. The summed E-state index contributed by atoms with van der Waals surface area (Å²) in [5, 5.41) is 10.3. The van der Waals surface area contributed by atoms with Gasteiger partial charge in [0.15, 0.2) is 0 Å². The summed E-state index contributed by atoms with van der Waals surface area (Å²) in [5.74, 6) is 0.509. The molecule has 2 aromatic rings. The van der Waals surface area contributed by atoms with Crippen LogP contribution in [0.15, 0.2) is 52.4 Å². The quantitative estimate of drug-likeness (QED) is 0.779. The molecule has 0 fully saturated rings. The summed E-state index contributed by atoms with van der Waals surface area (Å²) in [6.07, 6.45) is 2.58. The van der Waals surface area contributed by atoms with Gasteiger partial charge in [0.1, 0.15) is 6.26 Å². The SMILES string of the molecule is OC(COCc1ccccc1)CSc1ncco1. The molecule has 0 aliphatic carbocycles. The number of hydrogen-bond donors (Lipinski definition) is 1. The van der Waals surface area contributed by atoms with Crippen LogP contribution in [0.1, 0.15) is 5.56 Å². The fraction of sp³-hybridized carbons (Fsp3) is 0.308. The van der Waals surface area contributed by atoms with Crippen molar-refractivity contribution >= 4 is 11.8 Å². The summed E-state index contributed by atoms with van der Waals surface area (Å²) in [7, 11) is 0. The van der Waals surface area contributed by atoms with Crippen LogP contribution in [0.2, 0.25) is 0 Å². The van der Waals surface area contributed by atoms with Gasteiger partial charge >= 0.3 is 0 Å². The van der Waals surface area contributed by atoms with Gasteiger partial charge in [0, 0.05) is 5.75 Å². The minimum atomic E-state index is -0.523. The number of aromatic nitrogens is 1. The average molecular weight is 265 g/mol. The van der Waals surface area contributed by atoms with E-state index in [-0.39, 0.29) is 0 Å². The first kappa shape index (κ1) is 13.1. The summed E-state index contributed by atoms with van der Waals surface area (Å²) in [6, 6.07) is 9.88. The van der Waals surface area contributed by atoms with E-state index in [9.17, 15) is 5.11 Å². The maximum absolute atomic E-state index is 9.71. The van der Waals surface area contributed by atoms with E-state index in [4.69, 9.17) is 9.15 Å². The highest BCUT2D eigenvalue weighted by Gasteiger charge is 2.07. The van der Waals surface area contributed by atoms with E-state index in [1.807, 2.05) is 30.3 Å². The molecule has 1 atom stereocenters. The van der Waals surface area contributed by atoms with Crippen LogP contribution in [0, 0.1) is 0 Å². The lowest BCUT2D eigenvalue weighted by Gasteiger charge is -2.09. The van der Waals surface area contributed by atoms with Crippen molar-refractivity contribution in [2.24, 2.45) is 0 Å². The Kier molecular flexibility index (Phi) is 5.26. The van der Waals surface area contributed by atoms with E-state index in [1.165, 1.54) is 18.0 Å². The van der Waals surface area contributed by atoms with E-state index >= 15 is 0 Å². The molecule has 0 radical (unpaired) electrons. The number of ether oxygens (including phenoxy) is 1. The maximum atomic E-state index is 9.71. The minimum Gasteiger partial charge on any atom is -0.440 e. The lowest BCUT2D eigenvalue weighted by Crippen LogP contribution is -2.17. The highest BCUT2D eigenvalue weighted by Crippen LogP contribution is 2.15. The summed E-state index contributed by atoms with van der Waals surface area (Å²) < 4.78 is 10.5. The van der Waals surface area contributed by atoms with E-state index < -0.39 is 6.10 Å². The Balaban J connectivity index is 1.61. The van der Waals surface area contributed by atoms with Gasteiger partial charge in [0.05, 0.1) is 25.5 Å². The Morgan fingerprint density at radius 1 is 1.33 bits per heavy atom. The Morgan fingerprint density at radius 2 is 2.17 bits per heavy atom. The van der Waals surface area contributed by atoms with E-state index in [2.05, 4.69) is 4.98 Å². The number of aliphatic hydroxyl groups excluding tert-OH is 1. The van der Waals surface area contributed by atoms with Gasteiger partial charge in [-0.1, -0.05) is 42.1 Å². The molecule has 0 spiro atoms. The second-order valence-corrected chi connectivity index (χ2v) is 4.73. The van der Waals surface area contributed by atoms with Crippen LogP contribution >= 0.6 is 11.8 Å². The zero-order valence-electron chi connectivity index (χ0n) is 9.86. The summed E-state index contributed by atoms with van der Waals surface area (Å²) in [4.78, 5) is 3.96. The van der Waals surface area contributed by atoms with Gasteiger partial charge < -0.3 is 14.3 Å². The van der Waals surface area contributed by atoms with Gasteiger partial charge in [-0.05, 0) is 5.56 Å². The third-order valence-electron chi connectivity index (χ3n) is 2.23. The molecular formula is C13H15NO3S. The molecule has 1 unspecified atom stereocenters. The van der Waals surface area contributed by atoms with Crippen molar-refractivity contribution in [2.75, 3.05) is 12.4 Å². The number of nitrogens with zero attached hydrogens (tertiary/aromatic N) is 1. The number of oxazole rings is 1. The number of benzene rings is 1. The Morgan fingerprint density at radius 3 is 2.89 bits per heavy atom. The molecule has 18 heavy (non-hydrogen) atoms. The normalized spacial score (nSPS) is 12.5. The molecular weight excluding hydrogens is 250 g/mol. The van der Waals surface area contributed by atoms with Crippen molar-refractivity contribution in [1.29, 1.82) is 0 Å². The van der Waals surface area contributed by atoms with Crippen LogP contribution in [0.3, 0.4) is 0 Å². The van der Waals surface area contributed by atoms with E-state index in [0.29, 0.717) is 24.2 Å². The second kappa shape index (κ2) is 7.20. The van der Waals surface area contributed by atoms with Gasteiger partial charge in [0.25, 0.3) is 5.22 Å². The largest absolute Gasteiger partial charge is 0.440 e. The topological polar surface area (TPSA) is 55.5 Å². The molecule has 0 aliphatic rings. The molecule has 0 saturated heterocycles. The lowest BCUT2D eigenvalue weighted by atomic mass is 10.2. The second-order valence-electron chi connectivity index (χ2n) is 3.76. The van der Waals surface area contributed by atoms with Crippen molar-refractivity contribution in [1.82, 2.24) is 4.98 Å². The van der Waals surface area contributed by atoms with Gasteiger partial charge in [-0.2, -0.15) is 0 Å². The fourth-order valence-corrected chi connectivity index (χ4v) is 2.07. The Hall–Kier alpha value is -1.30. The van der Waals surface area contributed by atoms with Crippen molar-refractivity contribution < 1.29 is 14.3 Å². The number of aliphatic hydroxyl groups is 1. The molecule has 0 saturated carbocycles. The van der Waals surface area contributed by atoms with Crippen LogP contribution in [0.4, 0.5) is 0 Å². The van der Waals surface area contributed by atoms with Crippen LogP contribution in [0.25, 0.3) is 0 Å². The number of hydrogen-bond acceptors (Lipinski definition) is 5. The average Bonchev–Trinajstić information content (AvgIpc) is 2.91. The van der Waals surface area contributed by atoms with Gasteiger partial charge in [-0.3, -0.25) is 0 Å². The monoisotopic (exact) mass is 265 g/mol.